The lowest BCUT2D eigenvalue weighted by atomic mass is 9.86. The Bertz CT molecular complexity index is 1470. The van der Waals surface area contributed by atoms with Gasteiger partial charge in [0.2, 0.25) is 0 Å². The number of ether oxygens (including phenoxy) is 6. The van der Waals surface area contributed by atoms with Crippen LogP contribution in [0.3, 0.4) is 0 Å². The van der Waals surface area contributed by atoms with Gasteiger partial charge < -0.3 is 28.4 Å². The fourth-order valence-corrected chi connectivity index (χ4v) is 5.42. The van der Waals surface area contributed by atoms with Gasteiger partial charge in [0.05, 0.1) is 52.9 Å². The molecule has 0 spiro atoms. The van der Waals surface area contributed by atoms with Crippen LogP contribution in [-0.2, 0) is 18.9 Å². The first-order valence-electron chi connectivity index (χ1n) is 14.6. The SMILES string of the molecule is c1ccc(-c2c3ccccc3c(-c3ccccc3)c3cc4c(cc23)OCCOCCOCCOCCOCCO4)cc1. The van der Waals surface area contributed by atoms with Crippen LogP contribution in [0.5, 0.6) is 11.5 Å². The number of rotatable bonds is 2. The van der Waals surface area contributed by atoms with E-state index in [2.05, 4.69) is 97.1 Å². The molecule has 6 heteroatoms. The maximum atomic E-state index is 6.34. The summed E-state index contributed by atoms with van der Waals surface area (Å²) in [5.74, 6) is 1.36. The van der Waals surface area contributed by atoms with E-state index < -0.39 is 0 Å². The average molecular weight is 565 g/mol. The zero-order chi connectivity index (χ0) is 28.4. The molecule has 0 aliphatic carbocycles. The molecule has 216 valence electrons. The lowest BCUT2D eigenvalue weighted by Crippen LogP contribution is -2.16. The molecule has 0 fully saturated rings. The van der Waals surface area contributed by atoms with Crippen molar-refractivity contribution in [1.82, 2.24) is 0 Å². The lowest BCUT2D eigenvalue weighted by Gasteiger charge is -2.21. The summed E-state index contributed by atoms with van der Waals surface area (Å²) < 4.78 is 35.3. The van der Waals surface area contributed by atoms with Gasteiger partial charge in [-0.2, -0.15) is 0 Å². The van der Waals surface area contributed by atoms with E-state index in [1.54, 1.807) is 0 Å². The molecule has 6 rings (SSSR count). The van der Waals surface area contributed by atoms with Crippen LogP contribution in [0.15, 0.2) is 97.1 Å². The quantitative estimate of drug-likeness (QED) is 0.212. The summed E-state index contributed by atoms with van der Waals surface area (Å²) >= 11 is 0. The molecule has 0 aromatic heterocycles. The van der Waals surface area contributed by atoms with Gasteiger partial charge in [-0.25, -0.2) is 0 Å². The molecule has 1 heterocycles. The Kier molecular flexibility index (Phi) is 9.60. The Morgan fingerprint density at radius 1 is 0.333 bits per heavy atom. The molecule has 1 aliphatic rings. The molecule has 0 bridgehead atoms. The summed E-state index contributed by atoms with van der Waals surface area (Å²) in [5, 5.41) is 4.59. The molecular formula is C36H36O6. The number of benzene rings is 5. The van der Waals surface area contributed by atoms with Crippen LogP contribution in [0.4, 0.5) is 0 Å². The summed E-state index contributed by atoms with van der Waals surface area (Å²) in [7, 11) is 0. The van der Waals surface area contributed by atoms with Crippen molar-refractivity contribution in [1.29, 1.82) is 0 Å². The topological polar surface area (TPSA) is 55.4 Å². The molecule has 0 atom stereocenters. The van der Waals surface area contributed by atoms with Gasteiger partial charge in [-0.3, -0.25) is 0 Å². The predicted octanol–water partition coefficient (Wildman–Crippen LogP) is 7.16. The molecule has 0 saturated carbocycles. The van der Waals surface area contributed by atoms with Crippen molar-refractivity contribution >= 4 is 21.5 Å². The third kappa shape index (κ3) is 6.58. The minimum Gasteiger partial charge on any atom is -0.487 e. The summed E-state index contributed by atoms with van der Waals surface area (Å²) in [5.41, 5.74) is 4.64. The van der Waals surface area contributed by atoms with Crippen molar-refractivity contribution in [3.8, 4) is 33.8 Å². The van der Waals surface area contributed by atoms with E-state index in [0.717, 1.165) is 21.9 Å². The van der Waals surface area contributed by atoms with Crippen LogP contribution < -0.4 is 9.47 Å². The van der Waals surface area contributed by atoms with Crippen molar-refractivity contribution in [2.75, 3.05) is 66.1 Å². The minimum absolute atomic E-state index is 0.390. The minimum atomic E-state index is 0.390. The third-order valence-corrected chi connectivity index (χ3v) is 7.30. The van der Waals surface area contributed by atoms with Crippen molar-refractivity contribution in [2.24, 2.45) is 0 Å². The van der Waals surface area contributed by atoms with Crippen molar-refractivity contribution < 1.29 is 28.4 Å². The maximum absolute atomic E-state index is 6.34. The molecule has 5 aromatic carbocycles. The van der Waals surface area contributed by atoms with Crippen LogP contribution in [0.2, 0.25) is 0 Å². The zero-order valence-electron chi connectivity index (χ0n) is 23.8. The first kappa shape index (κ1) is 28.2. The molecule has 42 heavy (non-hydrogen) atoms. The zero-order valence-corrected chi connectivity index (χ0v) is 23.8. The molecule has 0 unspecified atom stereocenters. The van der Waals surface area contributed by atoms with E-state index in [-0.39, 0.29) is 0 Å². The van der Waals surface area contributed by atoms with Crippen LogP contribution in [-0.4, -0.2) is 66.1 Å². The molecule has 0 N–H and O–H groups in total. The molecule has 5 aromatic rings. The van der Waals surface area contributed by atoms with Crippen molar-refractivity contribution in [3.63, 3.8) is 0 Å². The number of fused-ring (bicyclic) bond motifs is 3. The highest BCUT2D eigenvalue weighted by molar-refractivity contribution is 6.21. The average Bonchev–Trinajstić information content (AvgIpc) is 3.04. The molecule has 0 saturated heterocycles. The highest BCUT2D eigenvalue weighted by Gasteiger charge is 2.20. The predicted molar refractivity (Wildman–Crippen MR) is 167 cm³/mol. The van der Waals surface area contributed by atoms with Crippen LogP contribution in [0.25, 0.3) is 43.8 Å². The third-order valence-electron chi connectivity index (χ3n) is 7.30. The van der Waals surface area contributed by atoms with Crippen LogP contribution >= 0.6 is 0 Å². The smallest absolute Gasteiger partial charge is 0.161 e. The fourth-order valence-electron chi connectivity index (χ4n) is 5.42. The first-order chi connectivity index (χ1) is 20.9. The second-order valence-electron chi connectivity index (χ2n) is 10.0. The summed E-state index contributed by atoms with van der Waals surface area (Å²) in [6.07, 6.45) is 0. The van der Waals surface area contributed by atoms with Gasteiger partial charge in [-0.1, -0.05) is 84.9 Å². The molecule has 6 nitrogen and oxygen atoms in total. The van der Waals surface area contributed by atoms with E-state index in [0.29, 0.717) is 77.6 Å². The Labute approximate surface area is 246 Å². The van der Waals surface area contributed by atoms with Gasteiger partial charge in [0.15, 0.2) is 11.5 Å². The molecule has 0 radical (unpaired) electrons. The monoisotopic (exact) mass is 564 g/mol. The van der Waals surface area contributed by atoms with Crippen LogP contribution in [0, 0.1) is 0 Å². The van der Waals surface area contributed by atoms with E-state index in [9.17, 15) is 0 Å². The Balaban J connectivity index is 1.49. The van der Waals surface area contributed by atoms with Gasteiger partial charge in [0.25, 0.3) is 0 Å². The Morgan fingerprint density at radius 3 is 1.05 bits per heavy atom. The lowest BCUT2D eigenvalue weighted by molar-refractivity contribution is -0.00840. The van der Waals surface area contributed by atoms with Gasteiger partial charge in [-0.05, 0) is 55.9 Å². The second-order valence-corrected chi connectivity index (χ2v) is 10.0. The second kappa shape index (κ2) is 14.3. The normalized spacial score (nSPS) is 16.1. The molecule has 1 aliphatic heterocycles. The molecule has 0 amide bonds. The van der Waals surface area contributed by atoms with Crippen molar-refractivity contribution in [3.05, 3.63) is 97.1 Å². The Hall–Kier alpha value is -3.94. The van der Waals surface area contributed by atoms with Crippen LogP contribution in [0.1, 0.15) is 0 Å². The van der Waals surface area contributed by atoms with E-state index in [4.69, 9.17) is 28.4 Å². The van der Waals surface area contributed by atoms with Gasteiger partial charge >= 0.3 is 0 Å². The van der Waals surface area contributed by atoms with E-state index in [1.165, 1.54) is 21.9 Å². The highest BCUT2D eigenvalue weighted by Crippen LogP contribution is 2.47. The largest absolute Gasteiger partial charge is 0.487 e. The van der Waals surface area contributed by atoms with E-state index >= 15 is 0 Å². The maximum Gasteiger partial charge on any atom is 0.161 e. The summed E-state index contributed by atoms with van der Waals surface area (Å²) in [4.78, 5) is 0. The van der Waals surface area contributed by atoms with Gasteiger partial charge in [-0.15, -0.1) is 0 Å². The highest BCUT2D eigenvalue weighted by atomic mass is 16.6. The first-order valence-corrected chi connectivity index (χ1v) is 14.6. The number of hydrogen-bond acceptors (Lipinski definition) is 6. The molecular weight excluding hydrogens is 528 g/mol. The van der Waals surface area contributed by atoms with E-state index in [1.807, 2.05) is 0 Å². The summed E-state index contributed by atoms with van der Waals surface area (Å²) in [6, 6.07) is 34.0. The standard InChI is InChI=1S/C36H36O6/c1-3-9-27(10-4-1)35-29-13-7-8-14-30(29)36(28-11-5-2-6-12-28)32-26-34-33(25-31(32)35)41-23-21-39-19-17-37-15-16-38-18-20-40-22-24-42-34/h1-14,25-26H,15-24H2. The Morgan fingerprint density at radius 2 is 0.667 bits per heavy atom. The fraction of sp³-hybridized carbons (Fsp3) is 0.278. The van der Waals surface area contributed by atoms with Crippen molar-refractivity contribution in [2.45, 2.75) is 0 Å². The van der Waals surface area contributed by atoms with Gasteiger partial charge in [0, 0.05) is 0 Å². The van der Waals surface area contributed by atoms with Gasteiger partial charge in [0.1, 0.15) is 13.2 Å². The number of hydrogen-bond donors (Lipinski definition) is 0. The summed E-state index contributed by atoms with van der Waals surface area (Å²) in [6.45, 7) is 4.76.